The summed E-state index contributed by atoms with van der Waals surface area (Å²) in [5.74, 6) is -2.10. The molecule has 6 heterocycles. The van der Waals surface area contributed by atoms with Crippen LogP contribution >= 0.6 is 0 Å². The van der Waals surface area contributed by atoms with Crippen LogP contribution in [0.4, 0.5) is 5.69 Å². The van der Waals surface area contributed by atoms with Gasteiger partial charge in [-0.15, -0.1) is 0 Å². The number of nitrogens with zero attached hydrogens (tertiary/aromatic N) is 3. The van der Waals surface area contributed by atoms with Gasteiger partial charge in [-0.1, -0.05) is 64.8 Å². The van der Waals surface area contributed by atoms with Crippen molar-refractivity contribution in [3.8, 4) is 0 Å². The van der Waals surface area contributed by atoms with Gasteiger partial charge in [-0.05, 0) is 155 Å². The van der Waals surface area contributed by atoms with Crippen molar-refractivity contribution in [2.45, 2.75) is 211 Å². The maximum Gasteiger partial charge on any atom is 0.336 e. The number of rotatable bonds is 7. The monoisotopic (exact) mass is 1180 g/mol. The van der Waals surface area contributed by atoms with E-state index in [4.69, 9.17) is 38.1 Å². The highest BCUT2D eigenvalue weighted by atomic mass is 16.8. The number of aliphatic hydroxyl groups is 4. The fourth-order valence-corrected chi connectivity index (χ4v) is 21.8. The lowest BCUT2D eigenvalue weighted by molar-refractivity contribution is -0.281. The first-order valence-electron chi connectivity index (χ1n) is 32.5. The molecule has 4 aliphatic heterocycles. The van der Waals surface area contributed by atoms with E-state index in [2.05, 4.69) is 52.9 Å². The van der Waals surface area contributed by atoms with Crippen LogP contribution in [0.2, 0.25) is 0 Å². The molecule has 1 unspecified atom stereocenters. The summed E-state index contributed by atoms with van der Waals surface area (Å²) in [7, 11) is 3.75. The number of carbonyl (C=O) groups excluding carboxylic acids is 2. The quantitative estimate of drug-likeness (QED) is 0.0881. The summed E-state index contributed by atoms with van der Waals surface area (Å²) < 4.78 is 38.4. The number of hydrogen-bond donors (Lipinski definition) is 5. The van der Waals surface area contributed by atoms with Crippen LogP contribution in [0.25, 0.3) is 11.0 Å². The fraction of sp³-hybridized carbons (Fsp3) is 0.725. The molecule has 22 atom stereocenters. The molecule has 17 heteroatoms. The maximum atomic E-state index is 13.3. The molecule has 3 aromatic rings. The second-order valence-corrected chi connectivity index (χ2v) is 31.4. The second-order valence-electron chi connectivity index (χ2n) is 31.4. The molecule has 4 saturated heterocycles. The van der Waals surface area contributed by atoms with E-state index in [9.17, 15) is 34.8 Å². The van der Waals surface area contributed by atoms with E-state index in [1.165, 1.54) is 11.6 Å². The number of hydrogen-bond acceptors (Lipinski definition) is 16. The number of aliphatic hydroxyl groups excluding tert-OH is 3. The maximum absolute atomic E-state index is 13.3. The molecule has 5 N–H and O–H groups in total. The molecule has 17 nitrogen and oxygen atoms in total. The average Bonchev–Trinajstić information content (AvgIpc) is 1.48. The summed E-state index contributed by atoms with van der Waals surface area (Å²) in [6, 6.07) is 6.67. The van der Waals surface area contributed by atoms with Gasteiger partial charge in [0.2, 0.25) is 11.7 Å². The van der Waals surface area contributed by atoms with Crippen molar-refractivity contribution >= 4 is 28.5 Å². The van der Waals surface area contributed by atoms with Gasteiger partial charge in [-0.3, -0.25) is 19.6 Å². The summed E-state index contributed by atoms with van der Waals surface area (Å²) in [4.78, 5) is 51.8. The van der Waals surface area contributed by atoms with Gasteiger partial charge in [-0.2, -0.15) is 0 Å². The van der Waals surface area contributed by atoms with Gasteiger partial charge in [0, 0.05) is 78.7 Å². The molecule has 2 spiro atoms. The molecule has 8 fully saturated rings. The van der Waals surface area contributed by atoms with E-state index >= 15 is 0 Å². The molecule has 4 saturated carbocycles. The number of fused-ring (bicyclic) bond motifs is 17. The van der Waals surface area contributed by atoms with E-state index < -0.39 is 82.6 Å². The van der Waals surface area contributed by atoms with Crippen molar-refractivity contribution in [1.29, 1.82) is 0 Å². The number of ether oxygens (including phenoxy) is 5. The number of carbonyl (C=O) groups is 2. The third kappa shape index (κ3) is 7.79. The molecule has 1 aromatic carbocycles. The van der Waals surface area contributed by atoms with Gasteiger partial charge in [0.15, 0.2) is 5.79 Å². The number of esters is 1. The summed E-state index contributed by atoms with van der Waals surface area (Å²) in [5, 5.41) is 53.8. The zero-order valence-electron chi connectivity index (χ0n) is 52.2. The van der Waals surface area contributed by atoms with Crippen LogP contribution in [0, 0.1) is 74.9 Å². The number of nitrogens with one attached hydrogen (secondary N) is 1. The highest BCUT2D eigenvalue weighted by Crippen LogP contribution is 2.73. The van der Waals surface area contributed by atoms with Crippen LogP contribution in [0.1, 0.15) is 148 Å². The van der Waals surface area contributed by atoms with Crippen LogP contribution in [0.5, 0.6) is 0 Å². The van der Waals surface area contributed by atoms with Gasteiger partial charge < -0.3 is 58.7 Å². The Bertz CT molecular complexity index is 3510. The minimum Gasteiger partial charge on any atom is -0.461 e. The predicted octanol–water partition coefficient (Wildman–Crippen LogP) is 7.41. The second kappa shape index (κ2) is 18.8. The summed E-state index contributed by atoms with van der Waals surface area (Å²) in [5.41, 5.74) is 3.38. The predicted molar refractivity (Wildman–Crippen MR) is 317 cm³/mol. The van der Waals surface area contributed by atoms with Crippen LogP contribution in [-0.2, 0) is 65.4 Å². The smallest absolute Gasteiger partial charge is 0.336 e. The number of benzene rings is 1. The highest BCUT2D eigenvalue weighted by Gasteiger charge is 2.79. The number of anilines is 1. The minimum absolute atomic E-state index is 0.0165. The lowest BCUT2D eigenvalue weighted by atomic mass is 9.44. The Morgan fingerprint density at radius 3 is 2.07 bits per heavy atom. The Morgan fingerprint density at radius 1 is 0.779 bits per heavy atom. The van der Waals surface area contributed by atoms with Gasteiger partial charge in [0.1, 0.15) is 42.1 Å². The van der Waals surface area contributed by atoms with E-state index in [1.54, 1.807) is 19.1 Å². The lowest BCUT2D eigenvalue weighted by Crippen LogP contribution is -2.65. The molecule has 0 radical (unpaired) electrons. The number of aromatic nitrogens is 2. The Balaban J connectivity index is 0.614. The Morgan fingerprint density at radius 2 is 1.43 bits per heavy atom. The molecule has 0 bridgehead atoms. The summed E-state index contributed by atoms with van der Waals surface area (Å²) in [6.07, 6.45) is 11.6. The first kappa shape index (κ1) is 57.8. The van der Waals surface area contributed by atoms with Crippen molar-refractivity contribution in [3.05, 3.63) is 86.3 Å². The minimum atomic E-state index is -1.66. The SMILES string of the molecule is C[C@@H]1[C@]2(O[C@H]3C=C4[C@@H]5CC[C@H]6Cc7nc8c(nc7C[C@]6(C)[C@H]5C[C@@H](O)[C@]4(C)[C@]31O)C[C@@H]1CC[C@H]3C4=CC5O[C@@]6(CCC(C)(C)O6)[C@@H](C)[C@@H]5[C@@]4(C)[C@H](O)C[C@@H]3[C@@]1(C)C8)O[C@@](C)(COC(=O)CNC(=O)Cc1cc(=O)oc3cc(N(C)C)ccc13)C[C@H]2O. The molecule has 15 rings (SSSR count). The van der Waals surface area contributed by atoms with E-state index in [0.717, 1.165) is 105 Å². The first-order chi connectivity index (χ1) is 40.5. The van der Waals surface area contributed by atoms with Gasteiger partial charge >= 0.3 is 11.6 Å². The Kier molecular flexibility index (Phi) is 12.6. The molecule has 8 aliphatic carbocycles. The topological polar surface area (TPSA) is 232 Å². The molecule has 464 valence electrons. The van der Waals surface area contributed by atoms with E-state index in [0.29, 0.717) is 46.6 Å². The molecule has 86 heavy (non-hydrogen) atoms. The van der Waals surface area contributed by atoms with E-state index in [-0.39, 0.29) is 71.1 Å². The molecule has 2 aromatic heterocycles. The van der Waals surface area contributed by atoms with Crippen LogP contribution in [0.15, 0.2) is 56.8 Å². The third-order valence-corrected chi connectivity index (χ3v) is 26.5. The summed E-state index contributed by atoms with van der Waals surface area (Å²) in [6.45, 7) is 18.8. The zero-order valence-corrected chi connectivity index (χ0v) is 52.2. The fourth-order valence-electron chi connectivity index (χ4n) is 21.8. The van der Waals surface area contributed by atoms with Crippen molar-refractivity contribution in [2.24, 2.45) is 74.9 Å². The van der Waals surface area contributed by atoms with Crippen molar-refractivity contribution in [2.75, 3.05) is 32.1 Å². The van der Waals surface area contributed by atoms with Crippen LogP contribution in [-0.4, -0.2) is 128 Å². The largest absolute Gasteiger partial charge is 0.461 e. The van der Waals surface area contributed by atoms with Crippen molar-refractivity contribution < 1.29 is 58.1 Å². The Hall–Kier alpha value is -4.59. The average molecular weight is 1180 g/mol. The van der Waals surface area contributed by atoms with Crippen LogP contribution in [0.3, 0.4) is 0 Å². The Labute approximate surface area is 504 Å². The van der Waals surface area contributed by atoms with Crippen LogP contribution < -0.4 is 15.8 Å². The lowest BCUT2D eigenvalue weighted by Gasteiger charge is -2.61. The van der Waals surface area contributed by atoms with Crippen molar-refractivity contribution in [1.82, 2.24) is 15.3 Å². The zero-order chi connectivity index (χ0) is 60.6. The molecule has 12 aliphatic rings. The normalized spacial score (nSPS) is 46.9. The number of amides is 1. The van der Waals surface area contributed by atoms with Gasteiger partial charge in [0.05, 0.1) is 53.1 Å². The molecule has 1 amide bonds. The standard InChI is InChI=1S/C69H90N4O13/c1-34-60-52(83-67(34)19-18-61(3,4)85-67)25-45-41-15-12-37-22-47-49(29-63(37,6)43(41)26-53(74)65(45,60)8)71-48-23-38-13-16-42-44(64(38,7)30-50(48)72-47)27-54(75)66(9)46(42)28-56-68(66,80)35(2)69(84-56)55(76)31-62(5,86-69)33-81-59(79)32-70-57(77)20-36-21-58(78)82-51-24-39(73(10)11)14-17-40(36)51/h14,17,21,24-25,28,34-35,37-38,41-44,52-56,60,74-76,80H,12-13,15-16,18-20,22-23,26-27,29-33H2,1-11H3,(H,70,77)/t34-,35-,37-,38-,41+,42+,43-,44-,52?,53+,54+,55+,56-,60-,62+,63-,64-,65+,66+,67+,68+,69-/m0/s1. The molecular formula is C69H90N4O13. The first-order valence-corrected chi connectivity index (χ1v) is 32.5. The third-order valence-electron chi connectivity index (χ3n) is 26.5. The van der Waals surface area contributed by atoms with Gasteiger partial charge in [0.25, 0.3) is 0 Å². The highest BCUT2D eigenvalue weighted by molar-refractivity contribution is 5.90. The van der Waals surface area contributed by atoms with Crippen molar-refractivity contribution in [3.63, 3.8) is 0 Å². The van der Waals surface area contributed by atoms with Gasteiger partial charge in [-0.25, -0.2) is 4.79 Å². The molecular weight excluding hydrogens is 1090 g/mol. The van der Waals surface area contributed by atoms with E-state index in [1.807, 2.05) is 45.0 Å². The summed E-state index contributed by atoms with van der Waals surface area (Å²) >= 11 is 0.